The third kappa shape index (κ3) is 2.91. The molecule has 5 atom stereocenters. The largest absolute Gasteiger partial charge is 0.393 e. The number of aryl methyl sites for hydroxylation is 1. The number of nitro benzene ring substituents is 2. The Hall–Kier alpha value is -2.02. The van der Waals surface area contributed by atoms with Gasteiger partial charge in [0.2, 0.25) is 0 Å². The Morgan fingerprint density at radius 3 is 2.39 bits per heavy atom. The van der Waals surface area contributed by atoms with Crippen molar-refractivity contribution in [1.29, 1.82) is 0 Å². The van der Waals surface area contributed by atoms with Gasteiger partial charge in [-0.15, -0.1) is 0 Å². The maximum absolute atomic E-state index is 11.8. The highest BCUT2D eigenvalue weighted by atomic mass is 16.6. The van der Waals surface area contributed by atoms with Crippen LogP contribution >= 0.6 is 0 Å². The lowest BCUT2D eigenvalue weighted by Crippen LogP contribution is -2.44. The highest BCUT2D eigenvalue weighted by molar-refractivity contribution is 5.63. The van der Waals surface area contributed by atoms with Gasteiger partial charge in [-0.1, -0.05) is 20.8 Å². The fourth-order valence-electron chi connectivity index (χ4n) is 6.22. The van der Waals surface area contributed by atoms with Crippen molar-refractivity contribution in [2.24, 2.45) is 17.3 Å². The van der Waals surface area contributed by atoms with Crippen molar-refractivity contribution in [2.75, 3.05) is 0 Å². The van der Waals surface area contributed by atoms with Crippen molar-refractivity contribution in [3.63, 3.8) is 0 Å². The molecule has 0 amide bonds. The van der Waals surface area contributed by atoms with Crippen LogP contribution in [0.1, 0.15) is 75.5 Å². The molecule has 1 N–H and O–H groups in total. The minimum Gasteiger partial charge on any atom is -0.393 e. The van der Waals surface area contributed by atoms with Crippen LogP contribution in [0.5, 0.6) is 0 Å². The predicted molar refractivity (Wildman–Crippen MR) is 106 cm³/mol. The molecule has 1 aromatic carbocycles. The minimum atomic E-state index is -0.514. The Balaban J connectivity index is 0.00000109. The van der Waals surface area contributed by atoms with Gasteiger partial charge in [-0.3, -0.25) is 20.2 Å². The van der Waals surface area contributed by atoms with Crippen LogP contribution in [0.15, 0.2) is 6.07 Å². The Morgan fingerprint density at radius 1 is 1.11 bits per heavy atom. The Labute approximate surface area is 165 Å². The first-order chi connectivity index (χ1) is 13.3. The molecule has 7 nitrogen and oxygen atoms in total. The molecule has 0 aliphatic heterocycles. The van der Waals surface area contributed by atoms with E-state index in [9.17, 15) is 25.3 Å². The van der Waals surface area contributed by atoms with Crippen molar-refractivity contribution < 1.29 is 15.0 Å². The lowest BCUT2D eigenvalue weighted by atomic mass is 9.55. The molecule has 0 heterocycles. The molecule has 4 unspecified atom stereocenters. The van der Waals surface area contributed by atoms with Crippen molar-refractivity contribution in [2.45, 2.75) is 78.2 Å². The number of hydrogen-bond acceptors (Lipinski definition) is 5. The van der Waals surface area contributed by atoms with Gasteiger partial charge in [0.1, 0.15) is 5.56 Å². The van der Waals surface area contributed by atoms with Gasteiger partial charge < -0.3 is 5.11 Å². The molecule has 2 fully saturated rings. The maximum Gasteiger partial charge on any atom is 0.282 e. The van der Waals surface area contributed by atoms with Gasteiger partial charge >= 0.3 is 0 Å². The Morgan fingerprint density at radius 2 is 1.79 bits per heavy atom. The summed E-state index contributed by atoms with van der Waals surface area (Å²) in [6.07, 6.45) is 4.67. The minimum absolute atomic E-state index is 0.0500. The number of aliphatic hydroxyl groups excluding tert-OH is 1. The molecule has 28 heavy (non-hydrogen) atoms. The van der Waals surface area contributed by atoms with Gasteiger partial charge in [0, 0.05) is 11.6 Å². The maximum atomic E-state index is 11.8. The summed E-state index contributed by atoms with van der Waals surface area (Å²) in [5.74, 6) is 0.763. The SMILES string of the molecule is CC.Cc1c([N+](=O)[O-])cc2c(c1[N+](=O)[O-])C1CCC3(C)C(CC[C@@H]3O)C1CC2. The summed E-state index contributed by atoms with van der Waals surface area (Å²) < 4.78 is 0. The normalized spacial score (nSPS) is 33.0. The average Bonchev–Trinajstić information content (AvgIpc) is 2.97. The van der Waals surface area contributed by atoms with Crippen molar-refractivity contribution in [3.05, 3.63) is 43.0 Å². The number of hydrogen-bond donors (Lipinski definition) is 1. The van der Waals surface area contributed by atoms with Crippen molar-refractivity contribution in [1.82, 2.24) is 0 Å². The van der Waals surface area contributed by atoms with Gasteiger partial charge in [-0.05, 0) is 74.2 Å². The predicted octanol–water partition coefficient (Wildman–Crippen LogP) is 5.05. The monoisotopic (exact) mass is 390 g/mol. The van der Waals surface area contributed by atoms with E-state index < -0.39 is 9.85 Å². The highest BCUT2D eigenvalue weighted by Gasteiger charge is 2.55. The lowest BCUT2D eigenvalue weighted by molar-refractivity contribution is -0.396. The summed E-state index contributed by atoms with van der Waals surface area (Å²) in [6.45, 7) is 7.66. The van der Waals surface area contributed by atoms with Crippen LogP contribution in [-0.2, 0) is 6.42 Å². The van der Waals surface area contributed by atoms with E-state index in [4.69, 9.17) is 0 Å². The first-order valence-corrected chi connectivity index (χ1v) is 10.4. The van der Waals surface area contributed by atoms with E-state index in [-0.39, 0.29) is 34.4 Å². The Bertz CT molecular complexity index is 808. The molecule has 0 bridgehead atoms. The van der Waals surface area contributed by atoms with Gasteiger partial charge in [-0.2, -0.15) is 0 Å². The fraction of sp³-hybridized carbons (Fsp3) is 0.714. The molecular weight excluding hydrogens is 360 g/mol. The standard InChI is InChI=1S/C19H24N2O5.C2H6/c1-10-15(20(23)24)9-11-3-4-12-13(17(11)18(10)21(25)26)7-8-19(2)14(12)5-6-16(19)22;1-2/h9,12-14,16,22H,3-8H2,1-2H3;1-2H3/t12?,13?,14?,16-,19?;/m0./s1. The molecule has 3 aliphatic rings. The average molecular weight is 390 g/mol. The molecule has 4 rings (SSSR count). The van der Waals surface area contributed by atoms with E-state index in [0.29, 0.717) is 18.3 Å². The second-order valence-electron chi connectivity index (χ2n) is 8.51. The van der Waals surface area contributed by atoms with Gasteiger partial charge in [-0.25, -0.2) is 0 Å². The number of benzene rings is 1. The second-order valence-corrected chi connectivity index (χ2v) is 8.51. The molecule has 2 saturated carbocycles. The zero-order valence-corrected chi connectivity index (χ0v) is 17.1. The summed E-state index contributed by atoms with van der Waals surface area (Å²) in [4.78, 5) is 22.2. The van der Waals surface area contributed by atoms with Crippen molar-refractivity contribution in [3.8, 4) is 0 Å². The van der Waals surface area contributed by atoms with Crippen LogP contribution in [0.25, 0.3) is 0 Å². The summed E-state index contributed by atoms with van der Waals surface area (Å²) >= 11 is 0. The molecular formula is C21H30N2O5. The quantitative estimate of drug-likeness (QED) is 0.561. The third-order valence-corrected chi connectivity index (χ3v) is 7.54. The van der Waals surface area contributed by atoms with Crippen LogP contribution in [0.4, 0.5) is 11.4 Å². The Kier molecular flexibility index (Phi) is 5.49. The zero-order valence-electron chi connectivity index (χ0n) is 17.1. The molecule has 7 heteroatoms. The number of nitro groups is 2. The molecule has 0 saturated heterocycles. The van der Waals surface area contributed by atoms with E-state index in [1.54, 1.807) is 6.07 Å². The number of nitrogens with zero attached hydrogens (tertiary/aromatic N) is 2. The summed E-state index contributed by atoms with van der Waals surface area (Å²) in [5, 5.41) is 33.6. The summed E-state index contributed by atoms with van der Waals surface area (Å²) in [6, 6.07) is 1.56. The number of fused-ring (bicyclic) bond motifs is 5. The van der Waals surface area contributed by atoms with Crippen LogP contribution in [-0.4, -0.2) is 21.1 Å². The third-order valence-electron chi connectivity index (χ3n) is 7.54. The summed E-state index contributed by atoms with van der Waals surface area (Å²) in [7, 11) is 0. The smallest absolute Gasteiger partial charge is 0.282 e. The first kappa shape index (κ1) is 20.7. The first-order valence-electron chi connectivity index (χ1n) is 10.4. The van der Waals surface area contributed by atoms with Crippen LogP contribution < -0.4 is 0 Å². The van der Waals surface area contributed by atoms with E-state index in [1.807, 2.05) is 13.8 Å². The second kappa shape index (κ2) is 7.43. The molecule has 0 radical (unpaired) electrons. The van der Waals surface area contributed by atoms with Crippen LogP contribution in [0.3, 0.4) is 0 Å². The van der Waals surface area contributed by atoms with E-state index in [2.05, 4.69) is 6.92 Å². The fourth-order valence-corrected chi connectivity index (χ4v) is 6.22. The van der Waals surface area contributed by atoms with E-state index >= 15 is 0 Å². The van der Waals surface area contributed by atoms with Crippen LogP contribution in [0.2, 0.25) is 0 Å². The molecule has 3 aliphatic carbocycles. The molecule has 0 aromatic heterocycles. The van der Waals surface area contributed by atoms with Gasteiger partial charge in [0.25, 0.3) is 11.4 Å². The van der Waals surface area contributed by atoms with Crippen LogP contribution in [0, 0.1) is 44.4 Å². The molecule has 0 spiro atoms. The van der Waals surface area contributed by atoms with Gasteiger partial charge in [0.05, 0.1) is 16.0 Å². The number of aliphatic hydroxyl groups is 1. The van der Waals surface area contributed by atoms with Crippen molar-refractivity contribution >= 4 is 11.4 Å². The van der Waals surface area contributed by atoms with Gasteiger partial charge in [0.15, 0.2) is 0 Å². The van der Waals surface area contributed by atoms with E-state index in [0.717, 1.165) is 43.2 Å². The highest BCUT2D eigenvalue weighted by Crippen LogP contribution is 2.62. The topological polar surface area (TPSA) is 107 Å². The summed E-state index contributed by atoms with van der Waals surface area (Å²) in [5.41, 5.74) is 1.38. The molecule has 154 valence electrons. The lowest BCUT2D eigenvalue weighted by Gasteiger charge is -2.49. The number of rotatable bonds is 2. The zero-order chi connectivity index (χ0) is 20.8. The van der Waals surface area contributed by atoms with E-state index in [1.165, 1.54) is 6.92 Å². The molecule has 1 aromatic rings.